The van der Waals surface area contributed by atoms with Crippen LogP contribution < -0.4 is 10.6 Å². The summed E-state index contributed by atoms with van der Waals surface area (Å²) in [5.74, 6) is 0.460. The Morgan fingerprint density at radius 3 is 2.62 bits per heavy atom. The van der Waals surface area contributed by atoms with Crippen molar-refractivity contribution in [2.24, 2.45) is 0 Å². The Labute approximate surface area is 168 Å². The molecule has 0 aliphatic carbocycles. The molecule has 26 heavy (non-hydrogen) atoms. The van der Waals surface area contributed by atoms with E-state index in [1.165, 1.54) is 11.8 Å². The number of rotatable bonds is 6. The topological polar surface area (TPSA) is 61.4 Å². The zero-order chi connectivity index (χ0) is 19.1. The molecule has 7 heteroatoms. The Bertz CT molecular complexity index is 782. The summed E-state index contributed by atoms with van der Waals surface area (Å²) in [5, 5.41) is 16.3. The Balaban J connectivity index is 1.89. The summed E-state index contributed by atoms with van der Waals surface area (Å²) in [7, 11) is 0. The van der Waals surface area contributed by atoms with Gasteiger partial charge < -0.3 is 15.7 Å². The van der Waals surface area contributed by atoms with E-state index < -0.39 is 0 Å². The number of nitrogens with one attached hydrogen (secondary N) is 2. The minimum Gasteiger partial charge on any atom is -0.506 e. The van der Waals surface area contributed by atoms with Crippen LogP contribution in [0.25, 0.3) is 0 Å². The molecule has 1 amide bonds. The van der Waals surface area contributed by atoms with Gasteiger partial charge in [0.1, 0.15) is 5.75 Å². The second-order valence-corrected chi connectivity index (χ2v) is 7.72. The van der Waals surface area contributed by atoms with Crippen LogP contribution in [0.4, 0.5) is 5.69 Å². The number of benzene rings is 2. The highest BCUT2D eigenvalue weighted by Crippen LogP contribution is 2.29. The summed E-state index contributed by atoms with van der Waals surface area (Å²) in [6.07, 6.45) is 0.993. The SMILES string of the molecule is CCC(C)c1ccc(O)c(NC(=S)NC(=O)CSc2ccc(Cl)cc2)c1. The number of anilines is 1. The fraction of sp³-hybridized carbons (Fsp3) is 0.263. The third-order valence-electron chi connectivity index (χ3n) is 3.89. The highest BCUT2D eigenvalue weighted by atomic mass is 35.5. The maximum Gasteiger partial charge on any atom is 0.236 e. The van der Waals surface area contributed by atoms with Crippen LogP contribution >= 0.6 is 35.6 Å². The van der Waals surface area contributed by atoms with E-state index in [9.17, 15) is 9.90 Å². The number of hydrogen-bond donors (Lipinski definition) is 3. The first kappa shape index (κ1) is 20.6. The number of halogens is 1. The number of aromatic hydroxyl groups is 1. The zero-order valence-corrected chi connectivity index (χ0v) is 17.0. The number of phenolic OH excluding ortho intramolecular Hbond substituents is 1. The van der Waals surface area contributed by atoms with Gasteiger partial charge in [0.2, 0.25) is 5.91 Å². The lowest BCUT2D eigenvalue weighted by molar-refractivity contribution is -0.117. The van der Waals surface area contributed by atoms with Crippen molar-refractivity contribution in [2.75, 3.05) is 11.1 Å². The highest BCUT2D eigenvalue weighted by molar-refractivity contribution is 8.00. The minimum atomic E-state index is -0.222. The van der Waals surface area contributed by atoms with Crippen molar-refractivity contribution >= 4 is 52.3 Å². The van der Waals surface area contributed by atoms with Gasteiger partial charge in [0.05, 0.1) is 11.4 Å². The van der Waals surface area contributed by atoms with Crippen molar-refractivity contribution in [3.8, 4) is 5.75 Å². The molecule has 3 N–H and O–H groups in total. The largest absolute Gasteiger partial charge is 0.506 e. The first-order chi connectivity index (χ1) is 12.4. The lowest BCUT2D eigenvalue weighted by Crippen LogP contribution is -2.35. The Hall–Kier alpha value is -1.76. The van der Waals surface area contributed by atoms with Crippen molar-refractivity contribution in [1.29, 1.82) is 0 Å². The van der Waals surface area contributed by atoms with Crippen LogP contribution in [0.15, 0.2) is 47.4 Å². The lowest BCUT2D eigenvalue weighted by atomic mass is 9.98. The van der Waals surface area contributed by atoms with Gasteiger partial charge in [-0.15, -0.1) is 11.8 Å². The number of hydrogen-bond acceptors (Lipinski definition) is 4. The second-order valence-electron chi connectivity index (χ2n) is 5.83. The van der Waals surface area contributed by atoms with Crippen LogP contribution in [0.5, 0.6) is 5.75 Å². The summed E-state index contributed by atoms with van der Waals surface area (Å²) in [4.78, 5) is 13.0. The Morgan fingerprint density at radius 2 is 1.96 bits per heavy atom. The molecule has 2 aromatic carbocycles. The molecule has 0 aromatic heterocycles. The minimum absolute atomic E-state index is 0.0872. The van der Waals surface area contributed by atoms with Crippen molar-refractivity contribution in [1.82, 2.24) is 5.32 Å². The van der Waals surface area contributed by atoms with Crippen LogP contribution in [0.3, 0.4) is 0 Å². The first-order valence-electron chi connectivity index (χ1n) is 8.21. The maximum absolute atomic E-state index is 12.0. The van der Waals surface area contributed by atoms with E-state index >= 15 is 0 Å². The number of carbonyl (C=O) groups excluding carboxylic acids is 1. The molecule has 0 saturated carbocycles. The highest BCUT2D eigenvalue weighted by Gasteiger charge is 2.11. The van der Waals surface area contributed by atoms with Crippen LogP contribution in [0.2, 0.25) is 5.02 Å². The van der Waals surface area contributed by atoms with Gasteiger partial charge in [0, 0.05) is 9.92 Å². The summed E-state index contributed by atoms with van der Waals surface area (Å²) in [6, 6.07) is 12.6. The van der Waals surface area contributed by atoms with E-state index in [1.54, 1.807) is 18.2 Å². The van der Waals surface area contributed by atoms with Crippen LogP contribution in [-0.4, -0.2) is 21.9 Å². The fourth-order valence-corrected chi connectivity index (χ4v) is 3.24. The van der Waals surface area contributed by atoms with Gasteiger partial charge in [-0.25, -0.2) is 0 Å². The molecular weight excluding hydrogens is 388 g/mol. The average molecular weight is 409 g/mol. The number of phenols is 1. The molecule has 2 rings (SSSR count). The van der Waals surface area contributed by atoms with Crippen molar-refractivity contribution in [2.45, 2.75) is 31.1 Å². The number of thiocarbonyl (C=S) groups is 1. The van der Waals surface area contributed by atoms with Crippen molar-refractivity contribution in [3.63, 3.8) is 0 Å². The van der Waals surface area contributed by atoms with Gasteiger partial charge >= 0.3 is 0 Å². The molecule has 0 heterocycles. The first-order valence-corrected chi connectivity index (χ1v) is 9.98. The lowest BCUT2D eigenvalue weighted by Gasteiger charge is -2.14. The van der Waals surface area contributed by atoms with E-state index in [0.717, 1.165) is 16.9 Å². The third kappa shape index (κ3) is 6.20. The summed E-state index contributed by atoms with van der Waals surface area (Å²) in [6.45, 7) is 4.22. The molecular formula is C19H21ClN2O2S2. The standard InChI is InChI=1S/C19H21ClN2O2S2/c1-3-12(2)13-4-9-17(23)16(10-13)21-19(25)22-18(24)11-26-15-7-5-14(20)6-8-15/h4-10,12,23H,3,11H2,1-2H3,(H2,21,22,24,25). The molecule has 0 spiro atoms. The van der Waals surface area contributed by atoms with Gasteiger partial charge in [-0.1, -0.05) is 31.5 Å². The molecule has 0 aliphatic rings. The van der Waals surface area contributed by atoms with E-state index in [4.69, 9.17) is 23.8 Å². The molecule has 1 atom stereocenters. The number of carbonyl (C=O) groups is 1. The van der Waals surface area contributed by atoms with Crippen molar-refractivity contribution < 1.29 is 9.90 Å². The van der Waals surface area contributed by atoms with Crippen LogP contribution in [0, 0.1) is 0 Å². The monoisotopic (exact) mass is 408 g/mol. The van der Waals surface area contributed by atoms with E-state index in [1.807, 2.05) is 24.3 Å². The van der Waals surface area contributed by atoms with Gasteiger partial charge in [0.15, 0.2) is 5.11 Å². The van der Waals surface area contributed by atoms with Gasteiger partial charge in [-0.3, -0.25) is 4.79 Å². The normalized spacial score (nSPS) is 11.7. The van der Waals surface area contributed by atoms with Gasteiger partial charge in [-0.2, -0.15) is 0 Å². The molecule has 0 saturated heterocycles. The predicted molar refractivity (Wildman–Crippen MR) is 113 cm³/mol. The average Bonchev–Trinajstić information content (AvgIpc) is 2.62. The summed E-state index contributed by atoms with van der Waals surface area (Å²) >= 11 is 12.4. The van der Waals surface area contributed by atoms with Crippen LogP contribution in [0.1, 0.15) is 31.7 Å². The van der Waals surface area contributed by atoms with Gasteiger partial charge in [-0.05, 0) is 66.5 Å². The smallest absolute Gasteiger partial charge is 0.236 e. The quantitative estimate of drug-likeness (QED) is 0.350. The van der Waals surface area contributed by atoms with Crippen LogP contribution in [-0.2, 0) is 4.79 Å². The molecule has 4 nitrogen and oxygen atoms in total. The van der Waals surface area contributed by atoms with Gasteiger partial charge in [0.25, 0.3) is 0 Å². The Morgan fingerprint density at radius 1 is 1.27 bits per heavy atom. The molecule has 0 bridgehead atoms. The zero-order valence-electron chi connectivity index (χ0n) is 14.6. The fourth-order valence-electron chi connectivity index (χ4n) is 2.19. The number of thioether (sulfide) groups is 1. The maximum atomic E-state index is 12.0. The molecule has 1 unspecified atom stereocenters. The predicted octanol–water partition coefficient (Wildman–Crippen LogP) is 5.16. The molecule has 0 fully saturated rings. The number of amides is 1. The summed E-state index contributed by atoms with van der Waals surface area (Å²) < 4.78 is 0. The molecule has 0 aliphatic heterocycles. The molecule has 2 aromatic rings. The van der Waals surface area contributed by atoms with E-state index in [-0.39, 0.29) is 22.5 Å². The second kappa shape index (κ2) is 9.80. The van der Waals surface area contributed by atoms with E-state index in [2.05, 4.69) is 24.5 Å². The van der Waals surface area contributed by atoms with Crippen molar-refractivity contribution in [3.05, 3.63) is 53.1 Å². The summed E-state index contributed by atoms with van der Waals surface area (Å²) in [5.41, 5.74) is 1.58. The molecule has 0 radical (unpaired) electrons. The van der Waals surface area contributed by atoms with E-state index in [0.29, 0.717) is 16.6 Å². The third-order valence-corrected chi connectivity index (χ3v) is 5.35. The molecule has 138 valence electrons. The Kier molecular flexibility index (Phi) is 7.75.